The average molecular weight is 465 g/mol. The van der Waals surface area contributed by atoms with Crippen molar-refractivity contribution in [3.8, 4) is 5.75 Å². The van der Waals surface area contributed by atoms with Gasteiger partial charge in [0.25, 0.3) is 0 Å². The topological polar surface area (TPSA) is 115 Å². The van der Waals surface area contributed by atoms with Gasteiger partial charge in [-0.1, -0.05) is 30.4 Å². The summed E-state index contributed by atoms with van der Waals surface area (Å²) in [6.07, 6.45) is 2.90. The van der Waals surface area contributed by atoms with Gasteiger partial charge in [-0.05, 0) is 43.7 Å². The molecule has 3 rings (SSSR count). The van der Waals surface area contributed by atoms with E-state index in [1.54, 1.807) is 42.5 Å². The zero-order chi connectivity index (χ0) is 22.9. The molecule has 0 radical (unpaired) electrons. The molecule has 1 aliphatic rings. The van der Waals surface area contributed by atoms with E-state index in [2.05, 4.69) is 11.6 Å². The van der Waals surface area contributed by atoms with Crippen molar-refractivity contribution in [2.24, 2.45) is 0 Å². The van der Waals surface area contributed by atoms with Gasteiger partial charge in [-0.25, -0.2) is 0 Å². The van der Waals surface area contributed by atoms with E-state index in [0.29, 0.717) is 22.6 Å². The van der Waals surface area contributed by atoms with Crippen LogP contribution >= 0.6 is 15.0 Å². The number of pyridine rings is 1. The number of hydrogen-bond donors (Lipinski definition) is 2. The van der Waals surface area contributed by atoms with Crippen LogP contribution in [0.2, 0.25) is 0 Å². The molecule has 31 heavy (non-hydrogen) atoms. The van der Waals surface area contributed by atoms with Gasteiger partial charge in [-0.2, -0.15) is 0 Å². The highest BCUT2D eigenvalue weighted by Gasteiger charge is 2.64. The van der Waals surface area contributed by atoms with Crippen molar-refractivity contribution in [2.75, 3.05) is 6.66 Å². The zero-order valence-electron chi connectivity index (χ0n) is 17.5. The summed E-state index contributed by atoms with van der Waals surface area (Å²) < 4.78 is 42.6. The summed E-state index contributed by atoms with van der Waals surface area (Å²) in [4.78, 5) is 14.5. The molecule has 1 fully saturated rings. The minimum absolute atomic E-state index is 0.347. The van der Waals surface area contributed by atoms with Gasteiger partial charge in [0.15, 0.2) is 6.29 Å². The second kappa shape index (κ2) is 8.83. The maximum atomic E-state index is 13.3. The Morgan fingerprint density at radius 2 is 1.94 bits per heavy atom. The normalized spacial score (nSPS) is 30.4. The van der Waals surface area contributed by atoms with E-state index in [1.807, 2.05) is 13.8 Å². The van der Waals surface area contributed by atoms with Crippen molar-refractivity contribution in [1.29, 1.82) is 0 Å². The maximum Gasteiger partial charge on any atom is 0.372 e. The molecule has 166 valence electrons. The summed E-state index contributed by atoms with van der Waals surface area (Å²) in [5, 5.41) is 8.38. The summed E-state index contributed by atoms with van der Waals surface area (Å²) >= 11 is 0. The monoisotopic (exact) mass is 465 g/mol. The molecule has 8 nitrogen and oxygen atoms in total. The van der Waals surface area contributed by atoms with E-state index < -0.39 is 32.8 Å². The van der Waals surface area contributed by atoms with Crippen molar-refractivity contribution in [3.63, 3.8) is 0 Å². The van der Waals surface area contributed by atoms with Gasteiger partial charge in [0.2, 0.25) is 12.5 Å². The molecule has 0 spiro atoms. The number of aliphatic hydroxyl groups is 1. The van der Waals surface area contributed by atoms with Gasteiger partial charge in [0.05, 0.1) is 0 Å². The fraction of sp³-hybridized carbons (Fsp3) is 0.286. The molecule has 2 N–H and O–H groups in total. The number of rotatable bonds is 6. The predicted molar refractivity (Wildman–Crippen MR) is 117 cm³/mol. The second-order valence-corrected chi connectivity index (χ2v) is 12.6. The minimum Gasteiger partial charge on any atom is -0.458 e. The van der Waals surface area contributed by atoms with Crippen LogP contribution < -0.4 is 4.74 Å². The quantitative estimate of drug-likeness (QED) is 0.349. The van der Waals surface area contributed by atoms with E-state index in [4.69, 9.17) is 13.8 Å². The van der Waals surface area contributed by atoms with E-state index >= 15 is 0 Å². The molecule has 1 saturated heterocycles. The highest BCUT2D eigenvalue weighted by atomic mass is 31.2. The first-order valence-electron chi connectivity index (χ1n) is 9.44. The van der Waals surface area contributed by atoms with Crippen LogP contribution in [0.15, 0.2) is 72.8 Å². The largest absolute Gasteiger partial charge is 0.458 e. The fourth-order valence-electron chi connectivity index (χ4n) is 3.07. The van der Waals surface area contributed by atoms with Crippen LogP contribution in [0.5, 0.6) is 5.75 Å². The molecule has 2 heterocycles. The van der Waals surface area contributed by atoms with Gasteiger partial charge in [-0.15, -0.1) is 0 Å². The second-order valence-electron chi connectivity index (χ2n) is 7.58. The van der Waals surface area contributed by atoms with Gasteiger partial charge in [-0.3, -0.25) is 23.2 Å². The number of hydrogen-bond acceptors (Lipinski definition) is 7. The SMILES string of the molecule is C=C(C=C(C)C)Oc1ccc(C2OP(C)(=O)C(O)(Cc3cccnc3)P(=O)(O)O2)cc1. The van der Waals surface area contributed by atoms with Crippen LogP contribution in [0.4, 0.5) is 0 Å². The Hall–Kier alpha value is -2.05. The third kappa shape index (κ3) is 5.07. The molecule has 4 atom stereocenters. The molecule has 10 heteroatoms. The molecule has 0 aliphatic carbocycles. The van der Waals surface area contributed by atoms with Crippen LogP contribution in [0.1, 0.15) is 31.3 Å². The van der Waals surface area contributed by atoms with Crippen molar-refractivity contribution < 1.29 is 32.9 Å². The predicted octanol–water partition coefficient (Wildman–Crippen LogP) is 4.97. The molecule has 2 aromatic rings. The van der Waals surface area contributed by atoms with Crippen LogP contribution in [-0.2, 0) is 24.6 Å². The third-order valence-electron chi connectivity index (χ3n) is 4.65. The first kappa shape index (κ1) is 23.6. The van der Waals surface area contributed by atoms with Crippen LogP contribution in [0.3, 0.4) is 0 Å². The summed E-state index contributed by atoms with van der Waals surface area (Å²) in [6, 6.07) is 9.52. The Morgan fingerprint density at radius 1 is 1.26 bits per heavy atom. The lowest BCUT2D eigenvalue weighted by Crippen LogP contribution is -2.37. The third-order valence-corrected chi connectivity index (χ3v) is 10.1. The summed E-state index contributed by atoms with van der Waals surface area (Å²) in [6.45, 7) is 8.77. The number of nitrogens with zero attached hydrogens (tertiary/aromatic N) is 1. The molecule has 0 amide bonds. The van der Waals surface area contributed by atoms with Crippen LogP contribution in [-0.4, -0.2) is 26.7 Å². The maximum absolute atomic E-state index is 13.3. The van der Waals surface area contributed by atoms with Crippen LogP contribution in [0.25, 0.3) is 0 Å². The average Bonchev–Trinajstić information content (AvgIpc) is 2.66. The van der Waals surface area contributed by atoms with E-state index in [0.717, 1.165) is 12.2 Å². The van der Waals surface area contributed by atoms with E-state index in [1.165, 1.54) is 12.4 Å². The molecule has 4 unspecified atom stereocenters. The number of ether oxygens (including phenoxy) is 1. The summed E-state index contributed by atoms with van der Waals surface area (Å²) in [5.74, 6) is 0.943. The van der Waals surface area contributed by atoms with Crippen molar-refractivity contribution in [2.45, 2.75) is 31.6 Å². The fourth-order valence-corrected chi connectivity index (χ4v) is 7.40. The Balaban J connectivity index is 1.82. The minimum atomic E-state index is -4.78. The highest BCUT2D eigenvalue weighted by Crippen LogP contribution is 2.79. The lowest BCUT2D eigenvalue weighted by atomic mass is 10.2. The van der Waals surface area contributed by atoms with E-state index in [-0.39, 0.29) is 0 Å². The number of allylic oxidation sites excluding steroid dienone is 2. The Morgan fingerprint density at radius 3 is 2.48 bits per heavy atom. The molecular weight excluding hydrogens is 440 g/mol. The molecule has 0 bridgehead atoms. The molecule has 1 aromatic carbocycles. The Labute approximate surface area is 181 Å². The van der Waals surface area contributed by atoms with Gasteiger partial charge in [0, 0.05) is 31.0 Å². The standard InChI is InChI=1S/C21H25NO7P2/c1-15(2)12-16(3)27-19-9-7-18(8-10-19)20-28-30(4,24)21(23,31(25,26)29-20)13-17-6-5-11-22-14-17/h5-12,14,20,23H,3,13H2,1-2,4H3,(H,25,26). The summed E-state index contributed by atoms with van der Waals surface area (Å²) in [7, 11) is -8.81. The van der Waals surface area contributed by atoms with Crippen molar-refractivity contribution in [3.05, 3.63) is 83.9 Å². The smallest absolute Gasteiger partial charge is 0.372 e. The number of aromatic nitrogens is 1. The lowest BCUT2D eigenvalue weighted by molar-refractivity contribution is -0.0439. The first-order valence-corrected chi connectivity index (χ1v) is 13.1. The number of benzene rings is 1. The van der Waals surface area contributed by atoms with Crippen molar-refractivity contribution in [1.82, 2.24) is 4.98 Å². The molecule has 0 saturated carbocycles. The van der Waals surface area contributed by atoms with E-state index in [9.17, 15) is 19.1 Å². The lowest BCUT2D eigenvalue weighted by Gasteiger charge is -2.43. The van der Waals surface area contributed by atoms with Gasteiger partial charge < -0.3 is 14.7 Å². The zero-order valence-corrected chi connectivity index (χ0v) is 19.3. The molecule has 1 aromatic heterocycles. The summed E-state index contributed by atoms with van der Waals surface area (Å²) in [5.41, 5.74) is 1.80. The Kier molecular flexibility index (Phi) is 6.72. The van der Waals surface area contributed by atoms with Crippen LogP contribution in [0, 0.1) is 0 Å². The highest BCUT2D eigenvalue weighted by molar-refractivity contribution is 7.75. The Bertz CT molecular complexity index is 1050. The van der Waals surface area contributed by atoms with Gasteiger partial charge in [0.1, 0.15) is 11.5 Å². The molecular formula is C21H25NO7P2. The molecule has 1 aliphatic heterocycles. The first-order chi connectivity index (χ1) is 14.4. The van der Waals surface area contributed by atoms with Gasteiger partial charge >= 0.3 is 7.60 Å². The van der Waals surface area contributed by atoms with Crippen molar-refractivity contribution >= 4 is 15.0 Å².